The number of hydrogen-bond donors (Lipinski definition) is 2. The number of nitrogens with one attached hydrogen (secondary N) is 1. The minimum atomic E-state index is -0.417. The number of nitrogens with zero attached hydrogens (tertiary/aromatic N) is 4. The van der Waals surface area contributed by atoms with Crippen molar-refractivity contribution < 1.29 is 9.18 Å². The number of anilines is 1. The first-order chi connectivity index (χ1) is 15.8. The van der Waals surface area contributed by atoms with Crippen LogP contribution in [0.15, 0.2) is 61.1 Å². The first kappa shape index (κ1) is 24.0. The molecule has 1 aliphatic heterocycles. The van der Waals surface area contributed by atoms with Gasteiger partial charge in [0.25, 0.3) is 0 Å². The van der Waals surface area contributed by atoms with Gasteiger partial charge in [0.1, 0.15) is 5.82 Å². The van der Waals surface area contributed by atoms with Gasteiger partial charge in [-0.05, 0) is 62.9 Å². The quantitative estimate of drug-likeness (QED) is 0.631. The van der Waals surface area contributed by atoms with Crippen LogP contribution in [0, 0.1) is 5.82 Å². The molecule has 1 fully saturated rings. The van der Waals surface area contributed by atoms with E-state index in [1.807, 2.05) is 44.0 Å². The summed E-state index contributed by atoms with van der Waals surface area (Å²) in [5, 5.41) is 3.34. The molecule has 0 bridgehead atoms. The van der Waals surface area contributed by atoms with Gasteiger partial charge in [0.2, 0.25) is 5.95 Å². The van der Waals surface area contributed by atoms with Gasteiger partial charge in [-0.15, -0.1) is 0 Å². The standard InChI is InChI=1S/C25H31FN6O/c1-5-14-32(17(2)3)23(18(4)19-8-10-20(26)11-9-19)22-12-13-28-25(30-22)29-21-7-6-15-31(16-21)24(27)33/h5,8-14,21H,2,6-7,15-16H2,1,3-4H3,(H2,27,33)(H,28,29,30)/b14-5-,23-18+. The van der Waals surface area contributed by atoms with Crippen LogP contribution in [0.1, 0.15) is 44.9 Å². The third kappa shape index (κ3) is 5.97. The Kier molecular flexibility index (Phi) is 7.82. The number of piperidine rings is 1. The fourth-order valence-corrected chi connectivity index (χ4v) is 3.91. The number of carbonyl (C=O) groups is 1. The number of benzene rings is 1. The molecule has 1 atom stereocenters. The maximum atomic E-state index is 13.5. The van der Waals surface area contributed by atoms with Crippen LogP contribution in [0.2, 0.25) is 0 Å². The van der Waals surface area contributed by atoms with Crippen LogP contribution in [0.3, 0.4) is 0 Å². The molecule has 3 rings (SSSR count). The van der Waals surface area contributed by atoms with E-state index in [1.165, 1.54) is 12.1 Å². The van der Waals surface area contributed by atoms with Crippen molar-refractivity contribution in [2.45, 2.75) is 39.7 Å². The molecule has 8 heteroatoms. The smallest absolute Gasteiger partial charge is 0.314 e. The number of primary amides is 1. The van der Waals surface area contributed by atoms with E-state index in [2.05, 4.69) is 16.9 Å². The summed E-state index contributed by atoms with van der Waals surface area (Å²) in [7, 11) is 0. The van der Waals surface area contributed by atoms with Crippen LogP contribution >= 0.6 is 0 Å². The highest BCUT2D eigenvalue weighted by molar-refractivity contribution is 5.89. The van der Waals surface area contributed by atoms with Crippen molar-refractivity contribution in [3.63, 3.8) is 0 Å². The first-order valence-corrected chi connectivity index (χ1v) is 11.0. The van der Waals surface area contributed by atoms with Crippen LogP contribution in [0.4, 0.5) is 15.1 Å². The Labute approximate surface area is 194 Å². The number of urea groups is 1. The molecular weight excluding hydrogens is 419 g/mol. The molecule has 174 valence electrons. The predicted octanol–water partition coefficient (Wildman–Crippen LogP) is 4.83. The molecule has 2 aromatic rings. The molecule has 1 aromatic heterocycles. The zero-order chi connectivity index (χ0) is 24.0. The lowest BCUT2D eigenvalue weighted by Gasteiger charge is -2.32. The van der Waals surface area contributed by atoms with E-state index in [0.717, 1.165) is 35.4 Å². The van der Waals surface area contributed by atoms with Gasteiger partial charge < -0.3 is 20.9 Å². The van der Waals surface area contributed by atoms with E-state index in [-0.39, 0.29) is 11.9 Å². The molecule has 0 saturated carbocycles. The van der Waals surface area contributed by atoms with Crippen molar-refractivity contribution >= 4 is 23.2 Å². The number of amides is 2. The molecule has 1 unspecified atom stereocenters. The SMILES string of the molecule is C=C(C)N(/C=C\C)/C(=C(\C)c1ccc(F)cc1)c1ccnc(NC2CCCN(C(N)=O)C2)n1. The van der Waals surface area contributed by atoms with Crippen molar-refractivity contribution in [3.05, 3.63) is 78.2 Å². The van der Waals surface area contributed by atoms with Gasteiger partial charge in [0.05, 0.1) is 11.4 Å². The molecular formula is C25H31FN6O. The predicted molar refractivity (Wildman–Crippen MR) is 130 cm³/mol. The Bertz CT molecular complexity index is 1060. The maximum absolute atomic E-state index is 13.5. The summed E-state index contributed by atoms with van der Waals surface area (Å²) in [4.78, 5) is 24.3. The van der Waals surface area contributed by atoms with Crippen molar-refractivity contribution in [2.75, 3.05) is 18.4 Å². The Morgan fingerprint density at radius 3 is 2.67 bits per heavy atom. The van der Waals surface area contributed by atoms with Crippen LogP contribution in [0.5, 0.6) is 0 Å². The Hall–Kier alpha value is -3.68. The number of hydrogen-bond acceptors (Lipinski definition) is 5. The summed E-state index contributed by atoms with van der Waals surface area (Å²) < 4.78 is 13.5. The van der Waals surface area contributed by atoms with Crippen LogP contribution < -0.4 is 11.1 Å². The molecule has 7 nitrogen and oxygen atoms in total. The summed E-state index contributed by atoms with van der Waals surface area (Å²) in [6, 6.07) is 7.81. The van der Waals surface area contributed by atoms with E-state index in [0.29, 0.717) is 24.7 Å². The van der Waals surface area contributed by atoms with Gasteiger partial charge in [-0.1, -0.05) is 24.8 Å². The normalized spacial score (nSPS) is 17.0. The Morgan fingerprint density at radius 2 is 2.03 bits per heavy atom. The average molecular weight is 451 g/mol. The van der Waals surface area contributed by atoms with Gasteiger partial charge in [0.15, 0.2) is 0 Å². The zero-order valence-corrected chi connectivity index (χ0v) is 19.4. The number of carbonyl (C=O) groups excluding carboxylic acids is 1. The second-order valence-electron chi connectivity index (χ2n) is 8.10. The van der Waals surface area contributed by atoms with E-state index >= 15 is 0 Å². The average Bonchev–Trinajstić information content (AvgIpc) is 2.79. The monoisotopic (exact) mass is 450 g/mol. The van der Waals surface area contributed by atoms with Gasteiger partial charge in [-0.2, -0.15) is 0 Å². The number of aromatic nitrogens is 2. The summed E-state index contributed by atoms with van der Waals surface area (Å²) in [5.41, 5.74) is 9.56. The Morgan fingerprint density at radius 1 is 1.30 bits per heavy atom. The van der Waals surface area contributed by atoms with Crippen molar-refractivity contribution in [1.82, 2.24) is 19.8 Å². The summed E-state index contributed by atoms with van der Waals surface area (Å²) in [6.45, 7) is 11.1. The number of rotatable bonds is 7. The lowest BCUT2D eigenvalue weighted by molar-refractivity contribution is 0.192. The zero-order valence-electron chi connectivity index (χ0n) is 19.4. The molecule has 2 heterocycles. The van der Waals surface area contributed by atoms with Gasteiger partial charge >= 0.3 is 6.03 Å². The lowest BCUT2D eigenvalue weighted by atomic mass is 10.0. The van der Waals surface area contributed by atoms with E-state index in [4.69, 9.17) is 10.7 Å². The molecule has 0 spiro atoms. The molecule has 0 aliphatic carbocycles. The molecule has 0 radical (unpaired) electrons. The molecule has 33 heavy (non-hydrogen) atoms. The second kappa shape index (κ2) is 10.8. The fraction of sp³-hybridized carbons (Fsp3) is 0.320. The van der Waals surface area contributed by atoms with E-state index in [1.54, 1.807) is 23.2 Å². The Balaban J connectivity index is 2.00. The minimum absolute atomic E-state index is 0.0138. The number of nitrogens with two attached hydrogens (primary N) is 1. The topological polar surface area (TPSA) is 87.4 Å². The fourth-order valence-electron chi connectivity index (χ4n) is 3.91. The first-order valence-electron chi connectivity index (χ1n) is 11.0. The van der Waals surface area contributed by atoms with Crippen LogP contribution in [-0.4, -0.2) is 44.9 Å². The number of likely N-dealkylation sites (tertiary alicyclic amines) is 1. The van der Waals surface area contributed by atoms with Crippen molar-refractivity contribution in [1.29, 1.82) is 0 Å². The summed E-state index contributed by atoms with van der Waals surface area (Å²) >= 11 is 0. The van der Waals surface area contributed by atoms with Crippen LogP contribution in [-0.2, 0) is 0 Å². The number of halogens is 1. The second-order valence-corrected chi connectivity index (χ2v) is 8.10. The van der Waals surface area contributed by atoms with E-state index < -0.39 is 6.03 Å². The van der Waals surface area contributed by atoms with Gasteiger partial charge in [-0.3, -0.25) is 0 Å². The van der Waals surface area contributed by atoms with Gasteiger partial charge in [-0.25, -0.2) is 19.2 Å². The molecule has 2 amide bonds. The third-order valence-electron chi connectivity index (χ3n) is 5.55. The van der Waals surface area contributed by atoms with Gasteiger partial charge in [0, 0.05) is 37.2 Å². The van der Waals surface area contributed by atoms with E-state index in [9.17, 15) is 9.18 Å². The molecule has 1 aliphatic rings. The molecule has 3 N–H and O–H groups in total. The van der Waals surface area contributed by atoms with Crippen molar-refractivity contribution in [2.24, 2.45) is 5.73 Å². The highest BCUT2D eigenvalue weighted by atomic mass is 19.1. The van der Waals surface area contributed by atoms with Crippen LogP contribution in [0.25, 0.3) is 11.3 Å². The lowest BCUT2D eigenvalue weighted by Crippen LogP contribution is -2.47. The summed E-state index contributed by atoms with van der Waals surface area (Å²) in [5.74, 6) is 0.180. The highest BCUT2D eigenvalue weighted by Crippen LogP contribution is 2.31. The molecule has 1 aromatic carbocycles. The maximum Gasteiger partial charge on any atom is 0.314 e. The third-order valence-corrected chi connectivity index (χ3v) is 5.55. The summed E-state index contributed by atoms with van der Waals surface area (Å²) in [6.07, 6.45) is 7.30. The largest absolute Gasteiger partial charge is 0.351 e. The van der Waals surface area contributed by atoms with Crippen molar-refractivity contribution in [3.8, 4) is 0 Å². The highest BCUT2D eigenvalue weighted by Gasteiger charge is 2.23. The number of allylic oxidation sites excluding steroid dienone is 3. The molecule has 1 saturated heterocycles. The minimum Gasteiger partial charge on any atom is -0.351 e.